The Bertz CT molecular complexity index is 3120. The number of hydrogen-bond donors (Lipinski definition) is 8. The van der Waals surface area contributed by atoms with Crippen LogP contribution in [0.2, 0.25) is 0 Å². The summed E-state index contributed by atoms with van der Waals surface area (Å²) in [6, 6.07) is 45.0. The summed E-state index contributed by atoms with van der Waals surface area (Å²) in [4.78, 5) is 58.5. The first-order valence-corrected chi connectivity index (χ1v) is 24.9. The molecule has 2 aliphatic rings. The van der Waals surface area contributed by atoms with Crippen molar-refractivity contribution < 1.29 is 63.7 Å². The molecule has 9 rings (SSSR count). The lowest BCUT2D eigenvalue weighted by Crippen LogP contribution is -2.42. The Balaban J connectivity index is 0.000000247. The van der Waals surface area contributed by atoms with Crippen LogP contribution < -0.4 is 21.5 Å². The zero-order chi connectivity index (χ0) is 53.8. The highest BCUT2D eigenvalue weighted by molar-refractivity contribution is 9.11. The predicted octanol–water partition coefficient (Wildman–Crippen LogP) is 9.77. The van der Waals surface area contributed by atoms with Crippen LogP contribution in [0.5, 0.6) is 17.2 Å². The van der Waals surface area contributed by atoms with E-state index in [4.69, 9.17) is 41.0 Å². The van der Waals surface area contributed by atoms with Gasteiger partial charge < -0.3 is 56.5 Å². The largest absolute Gasteiger partial charge is 0.513 e. The van der Waals surface area contributed by atoms with Gasteiger partial charge in [-0.15, -0.1) is 0 Å². The van der Waals surface area contributed by atoms with Crippen molar-refractivity contribution in [3.63, 3.8) is 0 Å². The number of phenols is 2. The van der Waals surface area contributed by atoms with E-state index in [1.807, 2.05) is 84.9 Å². The van der Waals surface area contributed by atoms with Crippen LogP contribution in [0.1, 0.15) is 50.8 Å². The van der Waals surface area contributed by atoms with Gasteiger partial charge in [0.05, 0.1) is 8.95 Å². The molecule has 0 unspecified atom stereocenters. The molecule has 7 aromatic rings. The molecule has 3 atom stereocenters. The van der Waals surface area contributed by atoms with E-state index in [1.54, 1.807) is 42.5 Å². The van der Waals surface area contributed by atoms with Gasteiger partial charge in [-0.1, -0.05) is 121 Å². The van der Waals surface area contributed by atoms with E-state index < -0.39 is 48.3 Å². The molecular weight excluding hydrogens is 1090 g/mol. The summed E-state index contributed by atoms with van der Waals surface area (Å²) in [5.41, 5.74) is 21.6. The average molecular weight is 1150 g/mol. The van der Waals surface area contributed by atoms with Crippen molar-refractivity contribution in [3.05, 3.63) is 206 Å². The number of benzene rings is 7. The number of rotatable bonds is 15. The molecule has 386 valence electrons. The smallest absolute Gasteiger partial charge is 0.508 e. The van der Waals surface area contributed by atoms with E-state index in [0.717, 1.165) is 55.6 Å². The fraction of sp³-hybridized carbons (Fsp3) is 0.175. The van der Waals surface area contributed by atoms with Gasteiger partial charge in [-0.25, -0.2) is 14.4 Å². The fourth-order valence-electron chi connectivity index (χ4n) is 8.67. The number of alkyl carbamates (subject to hydrolysis) is 1. The molecule has 0 bridgehead atoms. The first kappa shape index (κ1) is 54.7. The molecule has 0 fully saturated rings. The Morgan fingerprint density at radius 3 is 1.37 bits per heavy atom. The third-order valence-corrected chi connectivity index (χ3v) is 13.6. The van der Waals surface area contributed by atoms with Gasteiger partial charge >= 0.3 is 30.2 Å². The highest BCUT2D eigenvalue weighted by Gasteiger charge is 2.31. The summed E-state index contributed by atoms with van der Waals surface area (Å²) in [5.74, 6) is -3.02. The van der Waals surface area contributed by atoms with Crippen molar-refractivity contribution in [1.29, 1.82) is 0 Å². The third-order valence-electron chi connectivity index (χ3n) is 12.4. The van der Waals surface area contributed by atoms with Crippen LogP contribution >= 0.6 is 31.9 Å². The predicted molar refractivity (Wildman–Crippen MR) is 286 cm³/mol. The molecule has 75 heavy (non-hydrogen) atoms. The summed E-state index contributed by atoms with van der Waals surface area (Å²) in [6.45, 7) is 0.185. The molecule has 0 heterocycles. The Kier molecular flexibility index (Phi) is 18.4. The summed E-state index contributed by atoms with van der Waals surface area (Å²) in [6.07, 6.45) is -1.18. The van der Waals surface area contributed by atoms with Gasteiger partial charge in [0.2, 0.25) is 0 Å². The van der Waals surface area contributed by atoms with Crippen LogP contribution in [-0.4, -0.2) is 87.0 Å². The molecule has 0 saturated heterocycles. The van der Waals surface area contributed by atoms with E-state index >= 15 is 0 Å². The highest BCUT2D eigenvalue weighted by atomic mass is 79.9. The Morgan fingerprint density at radius 2 is 0.920 bits per heavy atom. The number of carboxylic acid groups (broad SMARTS) is 3. The van der Waals surface area contributed by atoms with Crippen LogP contribution in [0.4, 0.5) is 9.59 Å². The lowest BCUT2D eigenvalue weighted by molar-refractivity contribution is -0.140. The van der Waals surface area contributed by atoms with E-state index in [9.17, 15) is 34.2 Å². The zero-order valence-electron chi connectivity index (χ0n) is 39.8. The van der Waals surface area contributed by atoms with Gasteiger partial charge in [-0.05, 0) is 142 Å². The Labute approximate surface area is 447 Å². The summed E-state index contributed by atoms with van der Waals surface area (Å²) in [7, 11) is 0. The van der Waals surface area contributed by atoms with Crippen LogP contribution in [0, 0.1) is 0 Å². The first-order chi connectivity index (χ1) is 36.0. The number of carbonyl (C=O) groups excluding carboxylic acids is 2. The van der Waals surface area contributed by atoms with Crippen molar-refractivity contribution in [1.82, 2.24) is 5.32 Å². The molecule has 10 N–H and O–H groups in total. The Morgan fingerprint density at radius 1 is 0.507 bits per heavy atom. The number of phenolic OH excluding ortho intramolecular Hbond substituents is 2. The third kappa shape index (κ3) is 14.2. The minimum absolute atomic E-state index is 0.0245. The Hall–Kier alpha value is -8.03. The lowest BCUT2D eigenvalue weighted by Gasteiger charge is -2.18. The average Bonchev–Trinajstić information content (AvgIpc) is 3.91. The topological polar surface area (TPSA) is 278 Å². The van der Waals surface area contributed by atoms with Crippen molar-refractivity contribution in [2.75, 3.05) is 13.2 Å². The molecule has 0 aromatic heterocycles. The second-order valence-corrected chi connectivity index (χ2v) is 19.2. The number of amides is 1. The number of aliphatic carboxylic acids is 3. The van der Waals surface area contributed by atoms with Crippen molar-refractivity contribution in [2.45, 2.75) is 49.2 Å². The number of carbonyl (C=O) groups is 5. The van der Waals surface area contributed by atoms with Gasteiger partial charge in [0, 0.05) is 18.3 Å². The number of halogens is 2. The fourth-order valence-corrected chi connectivity index (χ4v) is 9.61. The number of carboxylic acids is 3. The normalized spacial score (nSPS) is 13.1. The summed E-state index contributed by atoms with van der Waals surface area (Å²) < 4.78 is 17.5. The maximum absolute atomic E-state index is 12.8. The minimum Gasteiger partial charge on any atom is -0.508 e. The molecule has 18 heteroatoms. The van der Waals surface area contributed by atoms with E-state index in [0.29, 0.717) is 14.5 Å². The number of hydrogen-bond acceptors (Lipinski definition) is 12. The number of nitrogens with one attached hydrogen (secondary N) is 1. The van der Waals surface area contributed by atoms with E-state index in [1.165, 1.54) is 18.2 Å². The summed E-state index contributed by atoms with van der Waals surface area (Å²) in [5, 5.41) is 47.6. The van der Waals surface area contributed by atoms with Crippen LogP contribution in [-0.2, 0) is 43.1 Å². The quantitative estimate of drug-likeness (QED) is 0.0350. The van der Waals surface area contributed by atoms with Gasteiger partial charge in [-0.3, -0.25) is 9.59 Å². The van der Waals surface area contributed by atoms with Crippen molar-refractivity contribution in [2.24, 2.45) is 11.5 Å². The first-order valence-electron chi connectivity index (χ1n) is 23.3. The maximum atomic E-state index is 12.8. The number of fused-ring (bicyclic) bond motifs is 6. The van der Waals surface area contributed by atoms with E-state index in [-0.39, 0.29) is 61.6 Å². The van der Waals surface area contributed by atoms with Gasteiger partial charge in [0.1, 0.15) is 48.6 Å². The van der Waals surface area contributed by atoms with Crippen molar-refractivity contribution >= 4 is 62.0 Å². The number of ether oxygens (including phenoxy) is 3. The molecule has 0 saturated carbocycles. The van der Waals surface area contributed by atoms with Crippen LogP contribution in [0.15, 0.2) is 167 Å². The minimum atomic E-state index is -1.25. The molecule has 16 nitrogen and oxygen atoms in total. The second kappa shape index (κ2) is 25.3. The SMILES string of the molecule is N[C@@H](Cc1ccc(O)c(Br)c1)C(=O)O.N[C@@H](Cc1ccc(O)cc1)C(=O)O.O=C(N[C@@H](Cc1ccc(OC(=O)OCC2c3ccccc3-c3ccccc32)c(Br)c1)C(=O)O)OCC1c2ccccc2-c2ccccc21. The molecule has 1 amide bonds. The van der Waals surface area contributed by atoms with Crippen LogP contribution in [0.25, 0.3) is 22.3 Å². The molecule has 0 aliphatic heterocycles. The molecule has 0 radical (unpaired) electrons. The van der Waals surface area contributed by atoms with Gasteiger partial charge in [0.25, 0.3) is 0 Å². The zero-order valence-corrected chi connectivity index (χ0v) is 43.0. The second-order valence-electron chi connectivity index (χ2n) is 17.5. The lowest BCUT2D eigenvalue weighted by atomic mass is 9.98. The van der Waals surface area contributed by atoms with Crippen molar-refractivity contribution in [3.8, 4) is 39.5 Å². The van der Waals surface area contributed by atoms with Gasteiger partial charge in [0.15, 0.2) is 0 Å². The molecule has 2 aliphatic carbocycles. The summed E-state index contributed by atoms with van der Waals surface area (Å²) >= 11 is 6.55. The molecule has 7 aromatic carbocycles. The van der Waals surface area contributed by atoms with Gasteiger partial charge in [-0.2, -0.15) is 0 Å². The van der Waals surface area contributed by atoms with Crippen LogP contribution in [0.3, 0.4) is 0 Å². The number of nitrogens with two attached hydrogens (primary N) is 2. The monoisotopic (exact) mass is 1140 g/mol. The number of aromatic hydroxyl groups is 2. The maximum Gasteiger partial charge on any atom is 0.513 e. The molecule has 0 spiro atoms. The molecular formula is C57H51Br2N3O13. The standard InChI is InChI=1S/C39H30BrNO7.C9H10BrNO3.C9H11NO3/c40-34-19-23(17-18-36(34)48-39(45)47-22-33-30-15-7-3-11-26(30)27-12-4-8-16-31(27)33)20-35(37(42)43)41-38(44)46-21-32-28-13-5-1-9-24(28)25-10-2-6-14-29(25)32;10-6-3-5(1-2-8(6)12)4-7(11)9(13)14;10-8(9(12)13)5-6-1-3-7(11)4-2-6/h1-19,32-33,35H,20-22H2,(H,41,44)(H,42,43);1-3,7,12H,4,11H2,(H,13,14);1-4,8,11H,5,10H2,(H,12,13)/t35-;7-;8-/m000/s1. The highest BCUT2D eigenvalue weighted by Crippen LogP contribution is 2.46. The van der Waals surface area contributed by atoms with E-state index in [2.05, 4.69) is 49.3 Å².